The fraction of sp³-hybridized carbons (Fsp3) is 1.00. The van der Waals surface area contributed by atoms with E-state index < -0.39 is 0 Å². The normalized spacial score (nSPS) is 33.8. The Kier molecular flexibility index (Phi) is 2.79. The van der Waals surface area contributed by atoms with Gasteiger partial charge >= 0.3 is 0 Å². The van der Waals surface area contributed by atoms with Crippen molar-refractivity contribution in [2.24, 2.45) is 11.7 Å². The number of likely N-dealkylation sites (tertiary alicyclic amines) is 1. The van der Waals surface area contributed by atoms with Gasteiger partial charge in [-0.25, -0.2) is 0 Å². The number of nitrogens with zero attached hydrogens (tertiary/aromatic N) is 1. The Hall–Kier alpha value is -0.0800. The van der Waals surface area contributed by atoms with Crippen LogP contribution in [0.4, 0.5) is 0 Å². The lowest BCUT2D eigenvalue weighted by atomic mass is 9.91. The second-order valence-corrected chi connectivity index (χ2v) is 5.05. The zero-order valence-electron chi connectivity index (χ0n) is 8.80. The van der Waals surface area contributed by atoms with Crippen molar-refractivity contribution in [3.63, 3.8) is 0 Å². The molecule has 1 aliphatic heterocycles. The Morgan fingerprint density at radius 2 is 1.92 bits per heavy atom. The van der Waals surface area contributed by atoms with Crippen LogP contribution >= 0.6 is 0 Å². The Bertz CT molecular complexity index is 148. The molecular formula is C10H22N2. The molecule has 2 unspecified atom stereocenters. The first-order valence-corrected chi connectivity index (χ1v) is 4.92. The van der Waals surface area contributed by atoms with Gasteiger partial charge in [0.05, 0.1) is 0 Å². The van der Waals surface area contributed by atoms with Crippen molar-refractivity contribution in [2.45, 2.75) is 45.7 Å². The molecule has 0 aromatic rings. The first-order valence-electron chi connectivity index (χ1n) is 4.92. The molecule has 0 aromatic carbocycles. The van der Waals surface area contributed by atoms with Gasteiger partial charge in [0.15, 0.2) is 0 Å². The third-order valence-corrected chi connectivity index (χ3v) is 2.92. The van der Waals surface area contributed by atoms with Crippen molar-refractivity contribution < 1.29 is 0 Å². The van der Waals surface area contributed by atoms with Crippen LogP contribution in [0.2, 0.25) is 0 Å². The van der Waals surface area contributed by atoms with Crippen molar-refractivity contribution in [3.8, 4) is 0 Å². The van der Waals surface area contributed by atoms with E-state index in [1.165, 1.54) is 0 Å². The Labute approximate surface area is 76.1 Å². The molecule has 1 rings (SSSR count). The van der Waals surface area contributed by atoms with Crippen LogP contribution in [0.5, 0.6) is 0 Å². The van der Waals surface area contributed by atoms with Crippen LogP contribution in [0, 0.1) is 5.92 Å². The maximum atomic E-state index is 5.96. The van der Waals surface area contributed by atoms with Gasteiger partial charge in [0.1, 0.15) is 0 Å². The molecule has 0 radical (unpaired) electrons. The van der Waals surface area contributed by atoms with Gasteiger partial charge in [-0.2, -0.15) is 0 Å². The summed E-state index contributed by atoms with van der Waals surface area (Å²) in [7, 11) is 0. The van der Waals surface area contributed by atoms with E-state index in [0.717, 1.165) is 19.5 Å². The number of piperidine rings is 1. The summed E-state index contributed by atoms with van der Waals surface area (Å²) in [4.78, 5) is 2.53. The van der Waals surface area contributed by atoms with Crippen molar-refractivity contribution in [3.05, 3.63) is 0 Å². The molecule has 2 nitrogen and oxygen atoms in total. The lowest BCUT2D eigenvalue weighted by Crippen LogP contribution is -2.52. The standard InChI is InChI=1S/C10H22N2/c1-8-7-12(10(2,3)4)6-5-9(8)11/h8-9H,5-7,11H2,1-4H3. The molecule has 72 valence electrons. The maximum Gasteiger partial charge on any atom is 0.0125 e. The zero-order valence-corrected chi connectivity index (χ0v) is 8.80. The van der Waals surface area contributed by atoms with Crippen LogP contribution in [0.25, 0.3) is 0 Å². The predicted molar refractivity (Wildman–Crippen MR) is 53.1 cm³/mol. The number of rotatable bonds is 0. The van der Waals surface area contributed by atoms with Gasteiger partial charge in [-0.15, -0.1) is 0 Å². The molecule has 0 aromatic heterocycles. The molecule has 0 bridgehead atoms. The first kappa shape index (κ1) is 10.0. The lowest BCUT2D eigenvalue weighted by molar-refractivity contribution is 0.0741. The summed E-state index contributed by atoms with van der Waals surface area (Å²) in [6.07, 6.45) is 1.15. The van der Waals surface area contributed by atoms with Gasteiger partial charge in [0.25, 0.3) is 0 Å². The van der Waals surface area contributed by atoms with E-state index in [1.54, 1.807) is 0 Å². The van der Waals surface area contributed by atoms with Crippen LogP contribution in [0.15, 0.2) is 0 Å². The summed E-state index contributed by atoms with van der Waals surface area (Å²) < 4.78 is 0. The van der Waals surface area contributed by atoms with Gasteiger partial charge in [-0.3, -0.25) is 4.90 Å². The van der Waals surface area contributed by atoms with Crippen molar-refractivity contribution in [2.75, 3.05) is 13.1 Å². The molecule has 0 saturated carbocycles. The van der Waals surface area contributed by atoms with Crippen molar-refractivity contribution >= 4 is 0 Å². The van der Waals surface area contributed by atoms with Gasteiger partial charge < -0.3 is 5.73 Å². The molecule has 2 N–H and O–H groups in total. The van der Waals surface area contributed by atoms with E-state index in [9.17, 15) is 0 Å². The molecule has 0 amide bonds. The van der Waals surface area contributed by atoms with E-state index >= 15 is 0 Å². The van der Waals surface area contributed by atoms with Crippen molar-refractivity contribution in [1.29, 1.82) is 0 Å². The zero-order chi connectivity index (χ0) is 9.35. The maximum absolute atomic E-state index is 5.96. The summed E-state index contributed by atoms with van der Waals surface area (Å²) in [5.74, 6) is 0.651. The highest BCUT2D eigenvalue weighted by molar-refractivity contribution is 4.86. The molecule has 0 spiro atoms. The number of nitrogens with two attached hydrogens (primary N) is 1. The Balaban J connectivity index is 2.51. The summed E-state index contributed by atoms with van der Waals surface area (Å²) in [5.41, 5.74) is 6.27. The second kappa shape index (κ2) is 3.35. The molecule has 0 aliphatic carbocycles. The van der Waals surface area contributed by atoms with Gasteiger partial charge in [-0.05, 0) is 33.1 Å². The third-order valence-electron chi connectivity index (χ3n) is 2.92. The highest BCUT2D eigenvalue weighted by Crippen LogP contribution is 2.22. The minimum atomic E-state index is 0.314. The molecule has 1 saturated heterocycles. The summed E-state index contributed by atoms with van der Waals surface area (Å²) >= 11 is 0. The molecule has 2 atom stereocenters. The van der Waals surface area contributed by atoms with Gasteiger partial charge in [0.2, 0.25) is 0 Å². The topological polar surface area (TPSA) is 29.3 Å². The van der Waals surface area contributed by atoms with Crippen molar-refractivity contribution in [1.82, 2.24) is 4.90 Å². The van der Waals surface area contributed by atoms with E-state index in [1.807, 2.05) is 0 Å². The van der Waals surface area contributed by atoms with Gasteiger partial charge in [0, 0.05) is 24.7 Å². The second-order valence-electron chi connectivity index (χ2n) is 5.05. The van der Waals surface area contributed by atoms with E-state index in [4.69, 9.17) is 5.73 Å². The average Bonchev–Trinajstić information content (AvgIpc) is 1.92. The van der Waals surface area contributed by atoms with E-state index in [2.05, 4.69) is 32.6 Å². The van der Waals surface area contributed by atoms with Crippen LogP contribution in [0.1, 0.15) is 34.1 Å². The fourth-order valence-electron chi connectivity index (χ4n) is 1.77. The van der Waals surface area contributed by atoms with E-state index in [-0.39, 0.29) is 0 Å². The minimum Gasteiger partial charge on any atom is -0.327 e. The lowest BCUT2D eigenvalue weighted by Gasteiger charge is -2.43. The Morgan fingerprint density at radius 3 is 2.33 bits per heavy atom. The number of hydrogen-bond donors (Lipinski definition) is 1. The Morgan fingerprint density at radius 1 is 1.33 bits per heavy atom. The SMILES string of the molecule is CC1CN(C(C)(C)C)CCC1N. The number of hydrogen-bond acceptors (Lipinski definition) is 2. The molecule has 1 aliphatic rings. The van der Waals surface area contributed by atoms with Crippen LogP contribution in [0.3, 0.4) is 0 Å². The molecule has 12 heavy (non-hydrogen) atoms. The minimum absolute atomic E-state index is 0.314. The highest BCUT2D eigenvalue weighted by atomic mass is 15.2. The quantitative estimate of drug-likeness (QED) is 0.596. The fourth-order valence-corrected chi connectivity index (χ4v) is 1.77. The molecule has 1 heterocycles. The molecule has 1 fully saturated rings. The first-order chi connectivity index (χ1) is 5.41. The third kappa shape index (κ3) is 2.20. The largest absolute Gasteiger partial charge is 0.327 e. The summed E-state index contributed by atoms with van der Waals surface area (Å²) in [6.45, 7) is 11.4. The predicted octanol–water partition coefficient (Wildman–Crippen LogP) is 1.45. The van der Waals surface area contributed by atoms with Crippen LogP contribution in [-0.2, 0) is 0 Å². The summed E-state index contributed by atoms with van der Waals surface area (Å²) in [5, 5.41) is 0. The average molecular weight is 170 g/mol. The highest BCUT2D eigenvalue weighted by Gasteiger charge is 2.29. The van der Waals surface area contributed by atoms with Gasteiger partial charge in [-0.1, -0.05) is 6.92 Å². The monoisotopic (exact) mass is 170 g/mol. The smallest absolute Gasteiger partial charge is 0.0125 e. The summed E-state index contributed by atoms with van der Waals surface area (Å²) in [6, 6.07) is 0.420. The molecule has 2 heteroatoms. The van der Waals surface area contributed by atoms with Crippen LogP contribution < -0.4 is 5.73 Å². The van der Waals surface area contributed by atoms with E-state index in [0.29, 0.717) is 17.5 Å². The van der Waals surface area contributed by atoms with Crippen LogP contribution in [-0.4, -0.2) is 29.6 Å². The molecular weight excluding hydrogens is 148 g/mol.